The molecule has 0 amide bonds. The average Bonchev–Trinajstić information content (AvgIpc) is 3.19. The molecule has 3 rings (SSSR count). The van der Waals surface area contributed by atoms with Gasteiger partial charge in [-0.1, -0.05) is 45.6 Å². The van der Waals surface area contributed by atoms with Crippen molar-refractivity contribution in [2.24, 2.45) is 0 Å². The molecular formula is C19H15BrN4O3S. The van der Waals surface area contributed by atoms with E-state index in [1.807, 2.05) is 30.3 Å². The monoisotopic (exact) mass is 458 g/mol. The lowest BCUT2D eigenvalue weighted by Gasteiger charge is -2.04. The number of carbonyl (C=O) groups excluding carboxylic acids is 1. The van der Waals surface area contributed by atoms with Crippen LogP contribution in [0.3, 0.4) is 0 Å². The molecule has 0 aliphatic heterocycles. The van der Waals surface area contributed by atoms with Crippen LogP contribution in [0, 0.1) is 11.8 Å². The molecule has 0 aliphatic carbocycles. The van der Waals surface area contributed by atoms with Gasteiger partial charge in [-0.25, -0.2) is 4.79 Å². The smallest absolute Gasteiger partial charge is 0.339 e. The lowest BCUT2D eigenvalue weighted by Crippen LogP contribution is -2.05. The molecule has 0 bridgehead atoms. The van der Waals surface area contributed by atoms with Crippen molar-refractivity contribution in [3.63, 3.8) is 0 Å². The van der Waals surface area contributed by atoms with Gasteiger partial charge in [-0.15, -0.1) is 5.10 Å². The van der Waals surface area contributed by atoms with Crippen molar-refractivity contribution >= 4 is 33.7 Å². The molecule has 0 fully saturated rings. The number of methoxy groups -OCH3 is 1. The fourth-order valence-electron chi connectivity index (χ4n) is 2.16. The molecule has 0 radical (unpaired) electrons. The van der Waals surface area contributed by atoms with Gasteiger partial charge in [0, 0.05) is 4.47 Å². The number of halogens is 1. The Bertz CT molecular complexity index is 1010. The number of esters is 1. The molecule has 7 nitrogen and oxygen atoms in total. The minimum Gasteiger partial charge on any atom is -0.497 e. The topological polar surface area (TPSA) is 79.1 Å². The summed E-state index contributed by atoms with van der Waals surface area (Å²) in [4.78, 5) is 11.9. The molecular weight excluding hydrogens is 444 g/mol. The molecule has 0 spiro atoms. The van der Waals surface area contributed by atoms with Gasteiger partial charge in [-0.2, -0.15) is 4.68 Å². The largest absolute Gasteiger partial charge is 0.497 e. The fraction of sp³-hybridized carbons (Fsp3) is 0.158. The number of hydrogen-bond acceptors (Lipinski definition) is 7. The van der Waals surface area contributed by atoms with E-state index in [9.17, 15) is 4.79 Å². The summed E-state index contributed by atoms with van der Waals surface area (Å²) in [5, 5.41) is 12.3. The van der Waals surface area contributed by atoms with Crippen LogP contribution in [-0.4, -0.2) is 45.6 Å². The predicted octanol–water partition coefficient (Wildman–Crippen LogP) is 3.39. The summed E-state index contributed by atoms with van der Waals surface area (Å²) >= 11 is 4.71. The van der Waals surface area contributed by atoms with Crippen LogP contribution in [0.5, 0.6) is 5.75 Å². The Morgan fingerprint density at radius 1 is 1.21 bits per heavy atom. The van der Waals surface area contributed by atoms with Crippen LogP contribution in [0.25, 0.3) is 5.69 Å². The van der Waals surface area contributed by atoms with E-state index in [0.717, 1.165) is 15.9 Å². The van der Waals surface area contributed by atoms with Crippen LogP contribution in [0.4, 0.5) is 0 Å². The zero-order valence-corrected chi connectivity index (χ0v) is 17.2. The maximum Gasteiger partial charge on any atom is 0.339 e. The quantitative estimate of drug-likeness (QED) is 0.318. The summed E-state index contributed by atoms with van der Waals surface area (Å²) in [6.45, 7) is 0.0231. The Kier molecular flexibility index (Phi) is 7.06. The molecule has 0 unspecified atom stereocenters. The van der Waals surface area contributed by atoms with Crippen LogP contribution < -0.4 is 4.74 Å². The Hall–Kier alpha value is -2.83. The summed E-state index contributed by atoms with van der Waals surface area (Å²) in [7, 11) is 1.61. The zero-order valence-electron chi connectivity index (χ0n) is 14.8. The second-order valence-electron chi connectivity index (χ2n) is 5.30. The predicted molar refractivity (Wildman–Crippen MR) is 109 cm³/mol. The first kappa shape index (κ1) is 19.9. The maximum atomic E-state index is 11.9. The van der Waals surface area contributed by atoms with Crippen molar-refractivity contribution in [2.75, 3.05) is 19.5 Å². The van der Waals surface area contributed by atoms with Gasteiger partial charge in [0.25, 0.3) is 0 Å². The van der Waals surface area contributed by atoms with Crippen LogP contribution >= 0.6 is 27.7 Å². The molecule has 1 heterocycles. The molecule has 9 heteroatoms. The third kappa shape index (κ3) is 5.34. The zero-order chi connectivity index (χ0) is 19.8. The van der Waals surface area contributed by atoms with E-state index in [-0.39, 0.29) is 6.61 Å². The number of rotatable bonds is 6. The minimum atomic E-state index is -0.410. The van der Waals surface area contributed by atoms with Gasteiger partial charge in [-0.3, -0.25) is 0 Å². The molecule has 142 valence electrons. The average molecular weight is 459 g/mol. The Balaban J connectivity index is 1.50. The Morgan fingerprint density at radius 2 is 2.04 bits per heavy atom. The van der Waals surface area contributed by atoms with Gasteiger partial charge in [0.15, 0.2) is 6.61 Å². The number of thioether (sulfide) groups is 1. The number of ether oxygens (including phenoxy) is 2. The first-order chi connectivity index (χ1) is 13.7. The number of carbonyl (C=O) groups is 1. The van der Waals surface area contributed by atoms with Crippen molar-refractivity contribution in [3.05, 3.63) is 58.6 Å². The molecule has 0 saturated carbocycles. The SMILES string of the molecule is COc1ccc(-n2nnnc2SCC#CCOC(=O)c2cccc(Br)c2)cc1. The van der Waals surface area contributed by atoms with Crippen molar-refractivity contribution in [1.82, 2.24) is 20.2 Å². The third-order valence-electron chi connectivity index (χ3n) is 3.49. The lowest BCUT2D eigenvalue weighted by molar-refractivity contribution is 0.0556. The molecule has 0 atom stereocenters. The highest BCUT2D eigenvalue weighted by Crippen LogP contribution is 2.19. The number of benzene rings is 2. The van der Waals surface area contributed by atoms with Gasteiger partial charge < -0.3 is 9.47 Å². The first-order valence-electron chi connectivity index (χ1n) is 8.11. The summed E-state index contributed by atoms with van der Waals surface area (Å²) < 4.78 is 12.7. The van der Waals surface area contributed by atoms with Crippen molar-refractivity contribution in [1.29, 1.82) is 0 Å². The van der Waals surface area contributed by atoms with E-state index in [1.165, 1.54) is 11.8 Å². The fourth-order valence-corrected chi connectivity index (χ4v) is 3.22. The van der Waals surface area contributed by atoms with Crippen molar-refractivity contribution < 1.29 is 14.3 Å². The summed E-state index contributed by atoms with van der Waals surface area (Å²) in [6, 6.07) is 14.4. The van der Waals surface area contributed by atoms with E-state index in [4.69, 9.17) is 9.47 Å². The summed E-state index contributed by atoms with van der Waals surface area (Å²) in [5.41, 5.74) is 1.30. The van der Waals surface area contributed by atoms with Gasteiger partial charge >= 0.3 is 5.97 Å². The molecule has 28 heavy (non-hydrogen) atoms. The van der Waals surface area contributed by atoms with Gasteiger partial charge in [-0.05, 0) is 52.9 Å². The van der Waals surface area contributed by atoms with E-state index >= 15 is 0 Å². The standard InChI is InChI=1S/C19H15BrN4O3S/c1-26-17-9-7-16(8-10-17)24-19(21-22-23-24)28-12-3-2-11-27-18(25)14-5-4-6-15(20)13-14/h4-10,13H,11-12H2,1H3. The molecule has 0 saturated heterocycles. The maximum absolute atomic E-state index is 11.9. The number of nitrogens with zero attached hydrogens (tertiary/aromatic N) is 4. The highest BCUT2D eigenvalue weighted by Gasteiger charge is 2.08. The first-order valence-corrected chi connectivity index (χ1v) is 9.89. The Morgan fingerprint density at radius 3 is 2.79 bits per heavy atom. The van der Waals surface area contributed by atoms with E-state index in [2.05, 4.69) is 43.3 Å². The second kappa shape index (κ2) is 9.92. The van der Waals surface area contributed by atoms with Crippen molar-refractivity contribution in [2.45, 2.75) is 5.16 Å². The van der Waals surface area contributed by atoms with Gasteiger partial charge in [0.2, 0.25) is 5.16 Å². The highest BCUT2D eigenvalue weighted by atomic mass is 79.9. The number of aromatic nitrogens is 4. The Labute approximate surface area is 174 Å². The van der Waals surface area contributed by atoms with Crippen molar-refractivity contribution in [3.8, 4) is 23.3 Å². The second-order valence-corrected chi connectivity index (χ2v) is 7.16. The molecule has 0 aliphatic rings. The molecule has 2 aromatic carbocycles. The van der Waals surface area contributed by atoms with Crippen LogP contribution in [0.1, 0.15) is 10.4 Å². The van der Waals surface area contributed by atoms with Crippen LogP contribution in [-0.2, 0) is 4.74 Å². The number of hydrogen-bond donors (Lipinski definition) is 0. The van der Waals surface area contributed by atoms with Gasteiger partial charge in [0.1, 0.15) is 5.75 Å². The summed E-state index contributed by atoms with van der Waals surface area (Å²) in [5.74, 6) is 6.57. The van der Waals surface area contributed by atoms with E-state index < -0.39 is 5.97 Å². The summed E-state index contributed by atoms with van der Waals surface area (Å²) in [6.07, 6.45) is 0. The third-order valence-corrected chi connectivity index (χ3v) is 4.79. The highest BCUT2D eigenvalue weighted by molar-refractivity contribution is 9.10. The number of tetrazole rings is 1. The van der Waals surface area contributed by atoms with Crippen LogP contribution in [0.15, 0.2) is 58.2 Å². The van der Waals surface area contributed by atoms with E-state index in [1.54, 1.807) is 30.0 Å². The van der Waals surface area contributed by atoms with Crippen LogP contribution in [0.2, 0.25) is 0 Å². The molecule has 0 N–H and O–H groups in total. The molecule has 3 aromatic rings. The van der Waals surface area contributed by atoms with Gasteiger partial charge in [0.05, 0.1) is 24.1 Å². The normalized spacial score (nSPS) is 10.1. The molecule has 1 aromatic heterocycles. The van der Waals surface area contributed by atoms with E-state index in [0.29, 0.717) is 16.5 Å². The minimum absolute atomic E-state index is 0.0231. The lowest BCUT2D eigenvalue weighted by atomic mass is 10.2.